The summed E-state index contributed by atoms with van der Waals surface area (Å²) in [5.41, 5.74) is 0. The van der Waals surface area contributed by atoms with E-state index >= 15 is 0 Å². The lowest BCUT2D eigenvalue weighted by atomic mass is 14.0. The maximum atomic E-state index is 7.88. The molecular formula is NO3. The van der Waals surface area contributed by atoms with Crippen LogP contribution < -0.4 is 11.4 Å². The van der Waals surface area contributed by atoms with Crippen LogP contribution in [0.1, 0.15) is 0 Å². The molecule has 0 aliphatic heterocycles. The average Bonchev–Trinajstić information content (AvgIpc) is 0.918. The Balaban J connectivity index is 0. The molecule has 0 aliphatic carbocycles. The lowest BCUT2D eigenvalue weighted by Crippen LogP contribution is -1.82. The Bertz CT molecular complexity index is 10.8. The molecule has 0 spiro atoms. The first-order chi connectivity index (χ1) is 1.41. The standard InChI is InChI=1S/N.O3/c;1-3-2. The second-order valence-corrected chi connectivity index (χ2v) is 0.0680. The van der Waals surface area contributed by atoms with Crippen molar-refractivity contribution in [2.24, 2.45) is 0 Å². The van der Waals surface area contributed by atoms with Crippen LogP contribution in [0.5, 0.6) is 0 Å². The SMILES string of the molecule is O=[O+][O-].[N]. The summed E-state index contributed by atoms with van der Waals surface area (Å²) in [6.45, 7) is 0. The Morgan fingerprint density at radius 1 is 1.75 bits per heavy atom. The van der Waals surface area contributed by atoms with Crippen LogP contribution in [0.2, 0.25) is 0 Å². The van der Waals surface area contributed by atoms with Gasteiger partial charge in [0.05, 0.1) is 0 Å². The summed E-state index contributed by atoms with van der Waals surface area (Å²) in [4.78, 5) is 7.88. The van der Waals surface area contributed by atoms with Crippen LogP contribution in [0.3, 0.4) is 0 Å². The van der Waals surface area contributed by atoms with Crippen LogP contribution in [0, 0.1) is 9.71 Å². The van der Waals surface area contributed by atoms with Gasteiger partial charge in [-0.1, -0.05) is 10.2 Å². The molecule has 0 saturated carbocycles. The van der Waals surface area contributed by atoms with Crippen molar-refractivity contribution in [3.05, 3.63) is 9.71 Å². The van der Waals surface area contributed by atoms with Gasteiger partial charge in [0.15, 0.2) is 4.75 Å². The van der Waals surface area contributed by atoms with E-state index in [-0.39, 0.29) is 6.15 Å². The Kier molecular flexibility index (Phi) is 85.2. The molecule has 0 aromatic carbocycles. The van der Waals surface area contributed by atoms with E-state index in [4.69, 9.17) is 10.2 Å². The number of rotatable bonds is 0. The molecule has 4 nitrogen and oxygen atoms in total. The molecule has 0 unspecified atom stereocenters. The van der Waals surface area contributed by atoms with Crippen LogP contribution >= 0.6 is 0 Å². The van der Waals surface area contributed by atoms with E-state index in [9.17, 15) is 0 Å². The second kappa shape index (κ2) is 33.7. The van der Waals surface area contributed by atoms with Crippen LogP contribution in [-0.4, -0.2) is 0 Å². The summed E-state index contributed by atoms with van der Waals surface area (Å²) < 4.78 is 1.75. The second-order valence-electron chi connectivity index (χ2n) is 0.0680. The van der Waals surface area contributed by atoms with E-state index in [1.165, 1.54) is 0 Å². The molecule has 4 heavy (non-hydrogen) atoms. The summed E-state index contributed by atoms with van der Waals surface area (Å²) in [7, 11) is 0. The summed E-state index contributed by atoms with van der Waals surface area (Å²) in [5, 5.41) is 7.88. The molecule has 3 radical (unpaired) electrons. The van der Waals surface area contributed by atoms with Crippen LogP contribution in [0.4, 0.5) is 0 Å². The fourth-order valence-electron chi connectivity index (χ4n) is 0. The van der Waals surface area contributed by atoms with E-state index in [2.05, 4.69) is 0 Å². The molecule has 0 rings (SSSR count). The third-order valence-corrected chi connectivity index (χ3v) is 0. The largest absolute Gasteiger partial charge is 0.154 e. The van der Waals surface area contributed by atoms with Gasteiger partial charge in [-0.15, -0.1) is 0 Å². The fraction of sp³-hybridized carbons (Fsp3) is 0. The Morgan fingerprint density at radius 2 is 1.75 bits per heavy atom. The number of hydrogen-bond acceptors (Lipinski definition) is 2. The van der Waals surface area contributed by atoms with E-state index in [1.807, 2.05) is 0 Å². The Hall–Kier alpha value is -0.640. The molecule has 0 aliphatic rings. The number of hydrogen-bond donors (Lipinski definition) is 0. The topological polar surface area (TPSA) is 81.9 Å². The minimum atomic E-state index is 0. The van der Waals surface area contributed by atoms with E-state index in [0.29, 0.717) is 0 Å². The van der Waals surface area contributed by atoms with Crippen molar-refractivity contribution >= 4 is 0 Å². The normalized spacial score (nSPS) is 3.00. The van der Waals surface area contributed by atoms with Crippen LogP contribution in [-0.2, 0) is 0 Å². The summed E-state index contributed by atoms with van der Waals surface area (Å²) >= 11 is 0. The van der Waals surface area contributed by atoms with Gasteiger partial charge in [0.25, 0.3) is 0 Å². The molecule has 23 valence electrons. The molecule has 0 heterocycles. The minimum absolute atomic E-state index is 0. The quantitative estimate of drug-likeness (QED) is 0.192. The minimum Gasteiger partial charge on any atom is -0.0772 e. The van der Waals surface area contributed by atoms with E-state index < -0.39 is 0 Å². The highest BCUT2D eigenvalue weighted by molar-refractivity contribution is 4.20. The fourth-order valence-corrected chi connectivity index (χ4v) is 0. The van der Waals surface area contributed by atoms with Gasteiger partial charge in [-0.05, 0) is 0 Å². The third-order valence-electron chi connectivity index (χ3n) is 0. The zero-order valence-corrected chi connectivity index (χ0v) is 1.67. The van der Waals surface area contributed by atoms with Gasteiger partial charge < -0.3 is 0 Å². The molecular weight excluding hydrogens is 62.0 g/mol. The molecule has 4 heteroatoms. The van der Waals surface area contributed by atoms with Crippen molar-refractivity contribution in [1.82, 2.24) is 6.15 Å². The van der Waals surface area contributed by atoms with Crippen LogP contribution in [0.25, 0.3) is 0 Å². The predicted octanol–water partition coefficient (Wildman–Crippen LogP) is -1.60. The molecule has 0 saturated heterocycles. The lowest BCUT2D eigenvalue weighted by Gasteiger charge is -1.19. The van der Waals surface area contributed by atoms with Gasteiger partial charge in [-0.3, -0.25) is 0 Å². The van der Waals surface area contributed by atoms with Crippen molar-refractivity contribution < 1.29 is 5.26 Å². The van der Waals surface area contributed by atoms with Gasteiger partial charge in [-0.2, -0.15) is 0 Å². The van der Waals surface area contributed by atoms with Crippen LogP contribution in [0.15, 0.2) is 0 Å². The van der Waals surface area contributed by atoms with Crippen molar-refractivity contribution in [1.29, 1.82) is 0 Å². The summed E-state index contributed by atoms with van der Waals surface area (Å²) in [6, 6.07) is 0. The molecule has 0 aromatic rings. The molecule has 0 atom stereocenters. The molecule has 0 amide bonds. The number of nitrogens with zero attached hydrogens (tertiary/aromatic N) is 1. The Labute approximate surface area is 22.5 Å². The van der Waals surface area contributed by atoms with Gasteiger partial charge in [-0.25, -0.2) is 0 Å². The van der Waals surface area contributed by atoms with Crippen molar-refractivity contribution in [3.63, 3.8) is 0 Å². The van der Waals surface area contributed by atoms with Gasteiger partial charge >= 0.3 is 0 Å². The predicted molar refractivity (Wildman–Crippen MR) is 8.87 cm³/mol. The Morgan fingerprint density at radius 3 is 1.75 bits per heavy atom. The molecule has 0 aromatic heterocycles. The first-order valence-corrected chi connectivity index (χ1v) is 0.333. The zero-order valence-electron chi connectivity index (χ0n) is 1.67. The zero-order chi connectivity index (χ0) is 2.71. The maximum absolute atomic E-state index is 7.88. The third kappa shape index (κ3) is 0.430. The first kappa shape index (κ1) is 10.1. The van der Waals surface area contributed by atoms with Gasteiger partial charge in [0, 0.05) is 6.15 Å². The van der Waals surface area contributed by atoms with Gasteiger partial charge in [0.1, 0.15) is 0 Å². The van der Waals surface area contributed by atoms with Gasteiger partial charge in [0.2, 0.25) is 0 Å². The lowest BCUT2D eigenvalue weighted by molar-refractivity contribution is -0.284. The molecule has 0 bridgehead atoms. The van der Waals surface area contributed by atoms with Crippen molar-refractivity contribution in [2.45, 2.75) is 0 Å². The highest BCUT2D eigenvalue weighted by Gasteiger charge is 1.27. The first-order valence-electron chi connectivity index (χ1n) is 0.333. The smallest absolute Gasteiger partial charge is 0.0772 e. The maximum Gasteiger partial charge on any atom is 0.154 e. The average molecular weight is 62.0 g/mol. The molecule has 0 N–H and O–H groups in total. The van der Waals surface area contributed by atoms with Crippen molar-refractivity contribution in [3.8, 4) is 0 Å². The highest BCUT2D eigenvalue weighted by Crippen LogP contribution is 1.00. The summed E-state index contributed by atoms with van der Waals surface area (Å²) in [6.07, 6.45) is 0. The summed E-state index contributed by atoms with van der Waals surface area (Å²) in [5.74, 6) is 0. The van der Waals surface area contributed by atoms with Crippen molar-refractivity contribution in [2.75, 3.05) is 0 Å². The van der Waals surface area contributed by atoms with E-state index in [0.717, 1.165) is 0 Å². The highest BCUT2D eigenvalue weighted by atomic mass is 17.2. The van der Waals surface area contributed by atoms with E-state index in [1.54, 1.807) is 4.75 Å². The monoisotopic (exact) mass is 62.0 g/mol. The molecule has 0 fully saturated rings.